The number of aliphatic hydroxyl groups excluding tert-OH is 1. The Balaban J connectivity index is 1.93. The zero-order valence-electron chi connectivity index (χ0n) is 11.4. The lowest BCUT2D eigenvalue weighted by Gasteiger charge is -2.38. The number of nitrogen functional groups attached to an aromatic ring is 1. The molecule has 20 heavy (non-hydrogen) atoms. The maximum Gasteiger partial charge on any atom is 0.345 e. The Morgan fingerprint density at radius 1 is 1.50 bits per heavy atom. The molecule has 110 valence electrons. The van der Waals surface area contributed by atoms with Crippen LogP contribution in [0, 0.1) is 0 Å². The number of carbonyl (C=O) groups is 1. The van der Waals surface area contributed by atoms with Gasteiger partial charge in [0, 0.05) is 12.1 Å². The minimum atomic E-state index is -0.403. The van der Waals surface area contributed by atoms with Crippen molar-refractivity contribution >= 4 is 28.3 Å². The SMILES string of the molecule is CCOC(=O)c1c(N)nsc1N1C2CCC1CC(O)C2. The Hall–Kier alpha value is -1.34. The Morgan fingerprint density at radius 2 is 2.15 bits per heavy atom. The number of aliphatic hydroxyl groups is 1. The predicted octanol–water partition coefficient (Wildman–Crippen LogP) is 1.39. The normalized spacial score (nSPS) is 28.7. The number of hydrogen-bond acceptors (Lipinski definition) is 7. The minimum Gasteiger partial charge on any atom is -0.462 e. The first kappa shape index (κ1) is 13.6. The van der Waals surface area contributed by atoms with Crippen LogP contribution < -0.4 is 10.6 Å². The molecule has 2 saturated heterocycles. The van der Waals surface area contributed by atoms with Crippen LogP contribution in [0.25, 0.3) is 0 Å². The third-order valence-corrected chi connectivity index (χ3v) is 5.00. The molecule has 0 radical (unpaired) electrons. The first-order valence-corrected chi connectivity index (χ1v) is 7.77. The van der Waals surface area contributed by atoms with Crippen molar-refractivity contribution < 1.29 is 14.6 Å². The highest BCUT2D eigenvalue weighted by Crippen LogP contribution is 2.43. The van der Waals surface area contributed by atoms with E-state index < -0.39 is 5.97 Å². The second kappa shape index (κ2) is 5.21. The Labute approximate surface area is 121 Å². The lowest BCUT2D eigenvalue weighted by atomic mass is 10.00. The molecular formula is C13H19N3O3S. The Bertz CT molecular complexity index is 505. The van der Waals surface area contributed by atoms with E-state index in [9.17, 15) is 9.90 Å². The molecule has 7 heteroatoms. The zero-order chi connectivity index (χ0) is 14.3. The van der Waals surface area contributed by atoms with Crippen LogP contribution >= 0.6 is 11.5 Å². The van der Waals surface area contributed by atoms with Gasteiger partial charge in [-0.15, -0.1) is 0 Å². The maximum atomic E-state index is 12.1. The highest BCUT2D eigenvalue weighted by Gasteiger charge is 2.43. The number of hydrogen-bond donors (Lipinski definition) is 2. The van der Waals surface area contributed by atoms with Gasteiger partial charge in [0.25, 0.3) is 0 Å². The summed E-state index contributed by atoms with van der Waals surface area (Å²) in [4.78, 5) is 14.3. The molecule has 2 unspecified atom stereocenters. The summed E-state index contributed by atoms with van der Waals surface area (Å²) in [6.45, 7) is 2.09. The van der Waals surface area contributed by atoms with Gasteiger partial charge in [-0.3, -0.25) is 0 Å². The van der Waals surface area contributed by atoms with E-state index in [1.165, 1.54) is 11.5 Å². The number of fused-ring (bicyclic) bond motifs is 2. The van der Waals surface area contributed by atoms with Crippen molar-refractivity contribution in [2.75, 3.05) is 17.2 Å². The second-order valence-corrected chi connectivity index (χ2v) is 6.14. The number of rotatable bonds is 3. The summed E-state index contributed by atoms with van der Waals surface area (Å²) < 4.78 is 9.21. The van der Waals surface area contributed by atoms with Crippen LogP contribution in [-0.4, -0.2) is 40.2 Å². The van der Waals surface area contributed by atoms with Crippen molar-refractivity contribution in [2.24, 2.45) is 0 Å². The monoisotopic (exact) mass is 297 g/mol. The summed E-state index contributed by atoms with van der Waals surface area (Å²) in [6, 6.07) is 0.550. The fourth-order valence-electron chi connectivity index (χ4n) is 3.34. The van der Waals surface area contributed by atoms with Crippen LogP contribution in [0.4, 0.5) is 10.8 Å². The largest absolute Gasteiger partial charge is 0.462 e. The van der Waals surface area contributed by atoms with Crippen LogP contribution in [-0.2, 0) is 4.74 Å². The standard InChI is InChI=1S/C13H19N3O3S/c1-2-19-13(18)10-11(14)15-20-12(10)16-7-3-4-8(16)6-9(17)5-7/h7-9,17H,2-6H2,1H3,(H2,14,15). The van der Waals surface area contributed by atoms with Gasteiger partial charge in [-0.2, -0.15) is 4.37 Å². The summed E-state index contributed by atoms with van der Waals surface area (Å²) in [5.41, 5.74) is 6.23. The van der Waals surface area contributed by atoms with Crippen LogP contribution in [0.2, 0.25) is 0 Å². The van der Waals surface area contributed by atoms with Crippen molar-refractivity contribution in [2.45, 2.75) is 50.8 Å². The van der Waals surface area contributed by atoms with Gasteiger partial charge in [-0.05, 0) is 44.1 Å². The molecule has 1 aromatic rings. The average molecular weight is 297 g/mol. The molecule has 0 aliphatic carbocycles. The number of nitrogens with two attached hydrogens (primary N) is 1. The summed E-state index contributed by atoms with van der Waals surface area (Å²) >= 11 is 1.25. The highest BCUT2D eigenvalue weighted by atomic mass is 32.1. The average Bonchev–Trinajstić information content (AvgIpc) is 2.88. The summed E-state index contributed by atoms with van der Waals surface area (Å²) in [5, 5.41) is 10.7. The molecule has 1 aromatic heterocycles. The van der Waals surface area contributed by atoms with Crippen LogP contribution in [0.1, 0.15) is 43.0 Å². The van der Waals surface area contributed by atoms with Gasteiger partial charge >= 0.3 is 5.97 Å². The first-order valence-electron chi connectivity index (χ1n) is 7.00. The number of aromatic nitrogens is 1. The molecule has 2 aliphatic rings. The number of nitrogens with zero attached hydrogens (tertiary/aromatic N) is 2. The molecule has 2 fully saturated rings. The van der Waals surface area contributed by atoms with Crippen molar-refractivity contribution in [3.63, 3.8) is 0 Å². The second-order valence-electron chi connectivity index (χ2n) is 5.39. The molecule has 0 aromatic carbocycles. The lowest BCUT2D eigenvalue weighted by molar-refractivity contribution is 0.0528. The van der Waals surface area contributed by atoms with Gasteiger partial charge in [-0.1, -0.05) is 0 Å². The molecule has 2 aliphatic heterocycles. The highest BCUT2D eigenvalue weighted by molar-refractivity contribution is 7.11. The van der Waals surface area contributed by atoms with E-state index >= 15 is 0 Å². The van der Waals surface area contributed by atoms with E-state index in [4.69, 9.17) is 10.5 Å². The zero-order valence-corrected chi connectivity index (χ0v) is 12.2. The van der Waals surface area contributed by atoms with E-state index in [1.807, 2.05) is 0 Å². The number of anilines is 2. The van der Waals surface area contributed by atoms with Gasteiger partial charge in [0.2, 0.25) is 0 Å². The molecule has 0 spiro atoms. The molecule has 6 nitrogen and oxygen atoms in total. The number of ether oxygens (including phenoxy) is 1. The van der Waals surface area contributed by atoms with Crippen LogP contribution in [0.5, 0.6) is 0 Å². The van der Waals surface area contributed by atoms with E-state index in [1.54, 1.807) is 6.92 Å². The number of piperidine rings is 1. The van der Waals surface area contributed by atoms with Gasteiger partial charge in [0.1, 0.15) is 10.6 Å². The fourth-order valence-corrected chi connectivity index (χ4v) is 4.29. The Kier molecular flexibility index (Phi) is 3.55. The summed E-state index contributed by atoms with van der Waals surface area (Å²) in [6.07, 6.45) is 3.34. The molecule has 0 amide bonds. The summed E-state index contributed by atoms with van der Waals surface area (Å²) in [5.74, 6) is -0.159. The van der Waals surface area contributed by atoms with Gasteiger partial charge in [0.05, 0.1) is 12.7 Å². The van der Waals surface area contributed by atoms with E-state index in [-0.39, 0.29) is 24.0 Å². The Morgan fingerprint density at radius 3 is 2.75 bits per heavy atom. The maximum absolute atomic E-state index is 12.1. The third-order valence-electron chi connectivity index (χ3n) is 4.12. The van der Waals surface area contributed by atoms with E-state index in [2.05, 4.69) is 9.27 Å². The smallest absolute Gasteiger partial charge is 0.345 e. The molecule has 3 N–H and O–H groups in total. The number of carbonyl (C=O) groups excluding carboxylic acids is 1. The summed E-state index contributed by atoms with van der Waals surface area (Å²) in [7, 11) is 0. The minimum absolute atomic E-state index is 0.236. The molecular weight excluding hydrogens is 278 g/mol. The quantitative estimate of drug-likeness (QED) is 0.820. The van der Waals surface area contributed by atoms with Crippen molar-refractivity contribution in [3.05, 3.63) is 5.56 Å². The molecule has 2 atom stereocenters. The van der Waals surface area contributed by atoms with Gasteiger partial charge < -0.3 is 20.5 Å². The van der Waals surface area contributed by atoms with Crippen molar-refractivity contribution in [1.82, 2.24) is 4.37 Å². The van der Waals surface area contributed by atoms with Gasteiger partial charge in [-0.25, -0.2) is 4.79 Å². The molecule has 3 rings (SSSR count). The van der Waals surface area contributed by atoms with E-state index in [0.29, 0.717) is 12.2 Å². The number of esters is 1. The van der Waals surface area contributed by atoms with E-state index in [0.717, 1.165) is 30.7 Å². The van der Waals surface area contributed by atoms with Crippen LogP contribution in [0.3, 0.4) is 0 Å². The van der Waals surface area contributed by atoms with Crippen molar-refractivity contribution in [3.8, 4) is 0 Å². The molecule has 0 saturated carbocycles. The third kappa shape index (κ3) is 2.14. The van der Waals surface area contributed by atoms with Crippen molar-refractivity contribution in [1.29, 1.82) is 0 Å². The lowest BCUT2D eigenvalue weighted by Crippen LogP contribution is -2.45. The topological polar surface area (TPSA) is 88.7 Å². The first-order chi connectivity index (χ1) is 9.61. The van der Waals surface area contributed by atoms with Crippen LogP contribution in [0.15, 0.2) is 0 Å². The predicted molar refractivity (Wildman–Crippen MR) is 77.0 cm³/mol. The van der Waals surface area contributed by atoms with Gasteiger partial charge in [0.15, 0.2) is 5.82 Å². The fraction of sp³-hybridized carbons (Fsp3) is 0.692. The molecule has 3 heterocycles. The molecule has 2 bridgehead atoms.